The van der Waals surface area contributed by atoms with E-state index in [0.717, 1.165) is 23.3 Å². The molecule has 122 valence electrons. The molecule has 8 heteroatoms. The third-order valence-electron chi connectivity index (χ3n) is 3.27. The number of benzene rings is 2. The molecule has 0 radical (unpaired) electrons. The first-order chi connectivity index (χ1) is 10.6. The van der Waals surface area contributed by atoms with Crippen molar-refractivity contribution in [3.8, 4) is 11.5 Å². The van der Waals surface area contributed by atoms with Gasteiger partial charge in [0.1, 0.15) is 17.1 Å². The van der Waals surface area contributed by atoms with Gasteiger partial charge in [0.05, 0.1) is 4.92 Å². The number of nitrogens with zero attached hydrogens (tertiary/aromatic N) is 1. The molecule has 0 aromatic heterocycles. The molecule has 0 bridgehead atoms. The number of nitro groups is 1. The average Bonchev–Trinajstić information content (AvgIpc) is 2.43. The molecular weight excluding hydrogens is 313 g/mol. The molecule has 0 fully saturated rings. The fraction of sp³-hybridized carbons (Fsp3) is 0.200. The minimum Gasteiger partial charge on any atom is -0.457 e. The lowest BCUT2D eigenvalue weighted by Gasteiger charge is -2.12. The minimum atomic E-state index is -4.85. The maximum Gasteiger partial charge on any atom is 0.423 e. The number of nitrogens with two attached hydrogens (primary N) is 1. The van der Waals surface area contributed by atoms with Gasteiger partial charge < -0.3 is 10.5 Å². The Balaban J connectivity index is 2.44. The number of nitrogen functional groups attached to an aromatic ring is 1. The molecule has 2 N–H and O–H groups in total. The Hall–Kier alpha value is -2.77. The van der Waals surface area contributed by atoms with E-state index in [9.17, 15) is 23.3 Å². The normalized spacial score (nSPS) is 11.3. The molecule has 0 aliphatic rings. The maximum atomic E-state index is 12.9. The largest absolute Gasteiger partial charge is 0.457 e. The summed E-state index contributed by atoms with van der Waals surface area (Å²) in [5.41, 5.74) is 5.43. The zero-order valence-corrected chi connectivity index (χ0v) is 12.3. The maximum absolute atomic E-state index is 12.9. The van der Waals surface area contributed by atoms with E-state index >= 15 is 0 Å². The Morgan fingerprint density at radius 3 is 2.13 bits per heavy atom. The first-order valence-corrected chi connectivity index (χ1v) is 6.50. The van der Waals surface area contributed by atoms with Crippen molar-refractivity contribution >= 4 is 11.4 Å². The molecule has 0 aliphatic carbocycles. The van der Waals surface area contributed by atoms with E-state index in [2.05, 4.69) is 0 Å². The van der Waals surface area contributed by atoms with Crippen LogP contribution in [-0.4, -0.2) is 4.92 Å². The molecular formula is C15H13F3N2O3. The summed E-state index contributed by atoms with van der Waals surface area (Å²) in [5, 5.41) is 10.7. The smallest absolute Gasteiger partial charge is 0.423 e. The fourth-order valence-corrected chi connectivity index (χ4v) is 2.09. The van der Waals surface area contributed by atoms with Gasteiger partial charge in [-0.1, -0.05) is 0 Å². The molecule has 0 atom stereocenters. The summed E-state index contributed by atoms with van der Waals surface area (Å²) in [6.07, 6.45) is -4.85. The number of aryl methyl sites for hydroxylation is 2. The van der Waals surface area contributed by atoms with Crippen LogP contribution in [0.5, 0.6) is 11.5 Å². The standard InChI is InChI=1S/C15H13F3N2O3/c1-8-5-11(6-9(2)14(8)19)23-10-3-4-13(20(21)22)12(7-10)15(16,17)18/h3-7H,19H2,1-2H3. The van der Waals surface area contributed by atoms with Crippen molar-refractivity contribution in [3.63, 3.8) is 0 Å². The molecule has 0 aliphatic heterocycles. The lowest BCUT2D eigenvalue weighted by atomic mass is 10.1. The molecule has 2 aromatic rings. The number of halogens is 3. The molecule has 2 aromatic carbocycles. The van der Waals surface area contributed by atoms with Crippen LogP contribution in [0.3, 0.4) is 0 Å². The predicted molar refractivity (Wildman–Crippen MR) is 78.5 cm³/mol. The second-order valence-electron chi connectivity index (χ2n) is 5.01. The number of anilines is 1. The van der Waals surface area contributed by atoms with Crippen molar-refractivity contribution in [2.24, 2.45) is 0 Å². The number of ether oxygens (including phenoxy) is 1. The average molecular weight is 326 g/mol. The van der Waals surface area contributed by atoms with Crippen LogP contribution in [-0.2, 0) is 6.18 Å². The number of hydrogen-bond donors (Lipinski definition) is 1. The lowest BCUT2D eigenvalue weighted by molar-refractivity contribution is -0.388. The van der Waals surface area contributed by atoms with Gasteiger partial charge in [-0.15, -0.1) is 0 Å². The van der Waals surface area contributed by atoms with E-state index in [-0.39, 0.29) is 5.75 Å². The molecule has 23 heavy (non-hydrogen) atoms. The zero-order valence-electron chi connectivity index (χ0n) is 12.3. The monoisotopic (exact) mass is 326 g/mol. The Morgan fingerprint density at radius 2 is 1.65 bits per heavy atom. The van der Waals surface area contributed by atoms with Crippen LogP contribution in [0.1, 0.15) is 16.7 Å². The van der Waals surface area contributed by atoms with Gasteiger partial charge in [-0.2, -0.15) is 13.2 Å². The fourth-order valence-electron chi connectivity index (χ4n) is 2.09. The second kappa shape index (κ2) is 5.79. The van der Waals surface area contributed by atoms with Crippen LogP contribution in [0.25, 0.3) is 0 Å². The van der Waals surface area contributed by atoms with Gasteiger partial charge >= 0.3 is 6.18 Å². The molecule has 0 heterocycles. The molecule has 0 spiro atoms. The van der Waals surface area contributed by atoms with E-state index in [1.54, 1.807) is 26.0 Å². The van der Waals surface area contributed by atoms with Crippen molar-refractivity contribution in [3.05, 3.63) is 57.1 Å². The summed E-state index contributed by atoms with van der Waals surface area (Å²) >= 11 is 0. The Kier molecular flexibility index (Phi) is 4.18. The summed E-state index contributed by atoms with van der Waals surface area (Å²) in [7, 11) is 0. The van der Waals surface area contributed by atoms with Crippen LogP contribution in [0.4, 0.5) is 24.5 Å². The third kappa shape index (κ3) is 3.53. The van der Waals surface area contributed by atoms with Crippen molar-refractivity contribution < 1.29 is 22.8 Å². The second-order valence-corrected chi connectivity index (χ2v) is 5.01. The molecule has 0 amide bonds. The number of hydrogen-bond acceptors (Lipinski definition) is 4. The van der Waals surface area contributed by atoms with Crippen LogP contribution in [0.15, 0.2) is 30.3 Å². The van der Waals surface area contributed by atoms with E-state index in [0.29, 0.717) is 17.5 Å². The van der Waals surface area contributed by atoms with Crippen molar-refractivity contribution in [2.45, 2.75) is 20.0 Å². The first-order valence-electron chi connectivity index (χ1n) is 6.50. The Labute approximate surface area is 129 Å². The topological polar surface area (TPSA) is 78.4 Å². The number of rotatable bonds is 3. The summed E-state index contributed by atoms with van der Waals surface area (Å²) in [4.78, 5) is 9.64. The van der Waals surface area contributed by atoms with Gasteiger partial charge in [-0.05, 0) is 49.2 Å². The Bertz CT molecular complexity index is 750. The van der Waals surface area contributed by atoms with E-state index in [1.165, 1.54) is 0 Å². The highest BCUT2D eigenvalue weighted by molar-refractivity contribution is 5.57. The van der Waals surface area contributed by atoms with Crippen LogP contribution in [0.2, 0.25) is 0 Å². The summed E-state index contributed by atoms with van der Waals surface area (Å²) in [6, 6.07) is 5.66. The summed E-state index contributed by atoms with van der Waals surface area (Å²) < 4.78 is 44.2. The van der Waals surface area contributed by atoms with Gasteiger partial charge in [-0.25, -0.2) is 0 Å². The van der Waals surface area contributed by atoms with Gasteiger partial charge in [0.25, 0.3) is 5.69 Å². The molecule has 0 unspecified atom stereocenters. The van der Waals surface area contributed by atoms with Crippen molar-refractivity contribution in [1.82, 2.24) is 0 Å². The molecule has 0 saturated heterocycles. The van der Waals surface area contributed by atoms with Gasteiger partial charge in [0.2, 0.25) is 0 Å². The van der Waals surface area contributed by atoms with Crippen LogP contribution >= 0.6 is 0 Å². The SMILES string of the molecule is Cc1cc(Oc2ccc([N+](=O)[O-])c(C(F)(F)F)c2)cc(C)c1N. The van der Waals surface area contributed by atoms with Crippen molar-refractivity contribution in [1.29, 1.82) is 0 Å². The highest BCUT2D eigenvalue weighted by Crippen LogP contribution is 2.39. The first kappa shape index (κ1) is 16.6. The lowest BCUT2D eigenvalue weighted by Crippen LogP contribution is -2.09. The van der Waals surface area contributed by atoms with Crippen LogP contribution in [0, 0.1) is 24.0 Å². The minimum absolute atomic E-state index is 0.147. The molecule has 0 saturated carbocycles. The van der Waals surface area contributed by atoms with Gasteiger partial charge in [0.15, 0.2) is 0 Å². The predicted octanol–water partition coefficient (Wildman–Crippen LogP) is 4.60. The molecule has 2 rings (SSSR count). The quantitative estimate of drug-likeness (QED) is 0.508. The summed E-state index contributed by atoms with van der Waals surface area (Å²) in [6.45, 7) is 3.48. The van der Waals surface area contributed by atoms with Gasteiger partial charge in [-0.3, -0.25) is 10.1 Å². The number of nitro benzene ring substituents is 1. The highest BCUT2D eigenvalue weighted by atomic mass is 19.4. The Morgan fingerprint density at radius 1 is 1.09 bits per heavy atom. The van der Waals surface area contributed by atoms with E-state index < -0.39 is 22.4 Å². The third-order valence-corrected chi connectivity index (χ3v) is 3.27. The summed E-state index contributed by atoms with van der Waals surface area (Å²) in [5.74, 6) is 0.155. The number of alkyl halides is 3. The van der Waals surface area contributed by atoms with Crippen molar-refractivity contribution in [2.75, 3.05) is 5.73 Å². The van der Waals surface area contributed by atoms with E-state index in [1.807, 2.05) is 0 Å². The molecule has 5 nitrogen and oxygen atoms in total. The zero-order chi connectivity index (χ0) is 17.4. The highest BCUT2D eigenvalue weighted by Gasteiger charge is 2.38. The van der Waals surface area contributed by atoms with Crippen LogP contribution < -0.4 is 10.5 Å². The van der Waals surface area contributed by atoms with E-state index in [4.69, 9.17) is 10.5 Å². The van der Waals surface area contributed by atoms with Gasteiger partial charge in [0, 0.05) is 11.8 Å².